The van der Waals surface area contributed by atoms with Crippen LogP contribution < -0.4 is 5.32 Å². The average Bonchev–Trinajstić information content (AvgIpc) is 2.81. The fraction of sp³-hybridized carbons (Fsp3) is 0.545. The van der Waals surface area contributed by atoms with Crippen molar-refractivity contribution >= 4 is 27.1 Å². The van der Waals surface area contributed by atoms with Gasteiger partial charge in [0.2, 0.25) is 5.91 Å². The number of thiophene rings is 1. The maximum absolute atomic E-state index is 11.7. The zero-order chi connectivity index (χ0) is 12.5. The highest BCUT2D eigenvalue weighted by atomic mass is 32.2. The van der Waals surface area contributed by atoms with Gasteiger partial charge in [0.25, 0.3) is 0 Å². The molecule has 2 rings (SSSR count). The normalized spacial score (nSPS) is 22.5. The first-order valence-corrected chi connectivity index (χ1v) is 8.13. The summed E-state index contributed by atoms with van der Waals surface area (Å²) in [5, 5.41) is 2.80. The average molecular weight is 273 g/mol. The molecule has 17 heavy (non-hydrogen) atoms. The first-order chi connectivity index (χ1) is 7.96. The van der Waals surface area contributed by atoms with Gasteiger partial charge >= 0.3 is 0 Å². The molecule has 0 bridgehead atoms. The van der Waals surface area contributed by atoms with Crippen LogP contribution in [0.25, 0.3) is 0 Å². The summed E-state index contributed by atoms with van der Waals surface area (Å²) in [4.78, 5) is 14.0. The van der Waals surface area contributed by atoms with E-state index in [2.05, 4.69) is 5.32 Å². The quantitative estimate of drug-likeness (QED) is 0.897. The number of sulfone groups is 1. The summed E-state index contributed by atoms with van der Waals surface area (Å²) < 4.78 is 22.5. The molecule has 1 aliphatic heterocycles. The van der Waals surface area contributed by atoms with Crippen molar-refractivity contribution in [3.05, 3.63) is 21.9 Å². The smallest absolute Gasteiger partial charge is 0.224 e. The van der Waals surface area contributed by atoms with Crippen molar-refractivity contribution in [2.24, 2.45) is 5.92 Å². The zero-order valence-corrected chi connectivity index (χ0v) is 11.2. The molecule has 1 N–H and O–H groups in total. The topological polar surface area (TPSA) is 63.2 Å². The van der Waals surface area contributed by atoms with Gasteiger partial charge in [-0.15, -0.1) is 11.3 Å². The van der Waals surface area contributed by atoms with Crippen molar-refractivity contribution in [3.8, 4) is 0 Å². The third kappa shape index (κ3) is 3.29. The summed E-state index contributed by atoms with van der Waals surface area (Å²) in [7, 11) is -2.98. The second kappa shape index (κ2) is 4.78. The summed E-state index contributed by atoms with van der Waals surface area (Å²) in [5.41, 5.74) is 0. The van der Waals surface area contributed by atoms with Crippen molar-refractivity contribution in [1.29, 1.82) is 0 Å². The van der Waals surface area contributed by atoms with Crippen LogP contribution in [0.1, 0.15) is 16.2 Å². The molecule has 1 aliphatic rings. The van der Waals surface area contributed by atoms with E-state index in [4.69, 9.17) is 0 Å². The van der Waals surface area contributed by atoms with E-state index in [-0.39, 0.29) is 23.3 Å². The predicted octanol–water partition coefficient (Wildman–Crippen LogP) is 1.11. The third-order valence-corrected chi connectivity index (χ3v) is 5.60. The Morgan fingerprint density at radius 2 is 2.29 bits per heavy atom. The van der Waals surface area contributed by atoms with E-state index in [0.29, 0.717) is 13.0 Å². The van der Waals surface area contributed by atoms with Gasteiger partial charge in [-0.2, -0.15) is 0 Å². The fourth-order valence-electron chi connectivity index (χ4n) is 1.90. The van der Waals surface area contributed by atoms with Crippen LogP contribution in [0.4, 0.5) is 0 Å². The molecule has 0 aliphatic carbocycles. The lowest BCUT2D eigenvalue weighted by Crippen LogP contribution is -2.30. The van der Waals surface area contributed by atoms with Crippen LogP contribution in [0.3, 0.4) is 0 Å². The highest BCUT2D eigenvalue weighted by molar-refractivity contribution is 7.91. The monoisotopic (exact) mass is 273 g/mol. The standard InChI is InChI=1S/C11H15NO3S2/c1-8-2-3-10(16-8)6-12-11(13)9-4-5-17(14,15)7-9/h2-3,9H,4-7H2,1H3,(H,12,13)/t9-/m1/s1. The SMILES string of the molecule is Cc1ccc(CNC(=O)[C@@H]2CCS(=O)(=O)C2)s1. The largest absolute Gasteiger partial charge is 0.351 e. The van der Waals surface area contributed by atoms with E-state index in [1.54, 1.807) is 11.3 Å². The lowest BCUT2D eigenvalue weighted by atomic mass is 10.1. The second-order valence-electron chi connectivity index (χ2n) is 4.33. The lowest BCUT2D eigenvalue weighted by molar-refractivity contribution is -0.124. The molecule has 0 saturated carbocycles. The van der Waals surface area contributed by atoms with Gasteiger partial charge in [-0.1, -0.05) is 0 Å². The highest BCUT2D eigenvalue weighted by Gasteiger charge is 2.32. The molecular weight excluding hydrogens is 258 g/mol. The number of rotatable bonds is 3. The molecule has 1 atom stereocenters. The van der Waals surface area contributed by atoms with Crippen LogP contribution in [-0.4, -0.2) is 25.8 Å². The Labute approximate surface area is 105 Å². The number of carbonyl (C=O) groups is 1. The molecule has 1 amide bonds. The van der Waals surface area contributed by atoms with Gasteiger partial charge < -0.3 is 5.32 Å². The molecule has 0 aromatic carbocycles. The fourth-order valence-corrected chi connectivity index (χ4v) is 4.47. The molecule has 94 valence electrons. The Bertz CT molecular complexity index is 519. The second-order valence-corrected chi connectivity index (χ2v) is 7.93. The minimum atomic E-state index is -2.98. The molecule has 1 aromatic rings. The third-order valence-electron chi connectivity index (χ3n) is 2.84. The highest BCUT2D eigenvalue weighted by Crippen LogP contribution is 2.19. The molecule has 4 nitrogen and oxygen atoms in total. The molecule has 0 unspecified atom stereocenters. The van der Waals surface area contributed by atoms with Crippen LogP contribution in [0.2, 0.25) is 0 Å². The summed E-state index contributed by atoms with van der Waals surface area (Å²) >= 11 is 1.64. The Morgan fingerprint density at radius 1 is 1.53 bits per heavy atom. The summed E-state index contributed by atoms with van der Waals surface area (Å²) in [6, 6.07) is 3.98. The van der Waals surface area contributed by atoms with Crippen molar-refractivity contribution in [2.45, 2.75) is 19.9 Å². The Morgan fingerprint density at radius 3 is 2.82 bits per heavy atom. The van der Waals surface area contributed by atoms with Crippen molar-refractivity contribution < 1.29 is 13.2 Å². The first kappa shape index (κ1) is 12.6. The summed E-state index contributed by atoms with van der Waals surface area (Å²) in [5.74, 6) is -0.357. The Balaban J connectivity index is 1.86. The van der Waals surface area contributed by atoms with E-state index in [0.717, 1.165) is 4.88 Å². The van der Waals surface area contributed by atoms with E-state index < -0.39 is 9.84 Å². The lowest BCUT2D eigenvalue weighted by Gasteiger charge is -2.08. The summed E-state index contributed by atoms with van der Waals surface area (Å²) in [6.45, 7) is 2.51. The number of carbonyl (C=O) groups excluding carboxylic acids is 1. The van der Waals surface area contributed by atoms with E-state index >= 15 is 0 Å². The minimum absolute atomic E-state index is 0.00228. The molecule has 0 spiro atoms. The molecule has 6 heteroatoms. The van der Waals surface area contributed by atoms with Crippen LogP contribution in [0.15, 0.2) is 12.1 Å². The minimum Gasteiger partial charge on any atom is -0.351 e. The number of amides is 1. The maximum atomic E-state index is 11.7. The van der Waals surface area contributed by atoms with Crippen LogP contribution in [0, 0.1) is 12.8 Å². The van der Waals surface area contributed by atoms with Gasteiger partial charge in [0.05, 0.1) is 24.0 Å². The zero-order valence-electron chi connectivity index (χ0n) is 9.60. The molecular formula is C11H15NO3S2. The number of aryl methyl sites for hydroxylation is 1. The Kier molecular flexibility index (Phi) is 3.53. The summed E-state index contributed by atoms with van der Waals surface area (Å²) in [6.07, 6.45) is 0.456. The molecule has 1 saturated heterocycles. The first-order valence-electron chi connectivity index (χ1n) is 5.50. The van der Waals surface area contributed by atoms with Gasteiger partial charge in [-0.05, 0) is 25.5 Å². The van der Waals surface area contributed by atoms with Crippen molar-refractivity contribution in [3.63, 3.8) is 0 Å². The van der Waals surface area contributed by atoms with E-state index in [1.165, 1.54) is 4.88 Å². The van der Waals surface area contributed by atoms with Crippen molar-refractivity contribution in [2.75, 3.05) is 11.5 Å². The van der Waals surface area contributed by atoms with Gasteiger partial charge in [0, 0.05) is 9.75 Å². The molecule has 0 radical (unpaired) electrons. The number of hydrogen-bond acceptors (Lipinski definition) is 4. The molecule has 2 heterocycles. The van der Waals surface area contributed by atoms with Gasteiger partial charge in [0.15, 0.2) is 9.84 Å². The predicted molar refractivity (Wildman–Crippen MR) is 67.7 cm³/mol. The number of hydrogen-bond donors (Lipinski definition) is 1. The van der Waals surface area contributed by atoms with Crippen LogP contribution in [0.5, 0.6) is 0 Å². The van der Waals surface area contributed by atoms with Crippen molar-refractivity contribution in [1.82, 2.24) is 5.32 Å². The van der Waals surface area contributed by atoms with E-state index in [1.807, 2.05) is 19.1 Å². The van der Waals surface area contributed by atoms with E-state index in [9.17, 15) is 13.2 Å². The maximum Gasteiger partial charge on any atom is 0.224 e. The molecule has 1 fully saturated rings. The van der Waals surface area contributed by atoms with Crippen LogP contribution >= 0.6 is 11.3 Å². The van der Waals surface area contributed by atoms with Gasteiger partial charge in [-0.3, -0.25) is 4.79 Å². The van der Waals surface area contributed by atoms with Crippen LogP contribution in [-0.2, 0) is 21.2 Å². The van der Waals surface area contributed by atoms with Gasteiger partial charge in [-0.25, -0.2) is 8.42 Å². The Hall–Kier alpha value is -0.880. The molecule has 1 aromatic heterocycles. The van der Waals surface area contributed by atoms with Gasteiger partial charge in [0.1, 0.15) is 0 Å². The number of nitrogens with one attached hydrogen (secondary N) is 1.